The fraction of sp³-hybridized carbons (Fsp3) is 0.750. The molecule has 10 heteroatoms. The van der Waals surface area contributed by atoms with Crippen LogP contribution < -0.4 is 0 Å². The summed E-state index contributed by atoms with van der Waals surface area (Å²) >= 11 is 0. The average Bonchev–Trinajstić information content (AvgIpc) is 3.11. The van der Waals surface area contributed by atoms with Gasteiger partial charge in [-0.1, -0.05) is 120 Å². The van der Waals surface area contributed by atoms with Crippen molar-refractivity contribution in [2.45, 2.75) is 173 Å². The van der Waals surface area contributed by atoms with Crippen molar-refractivity contribution < 1.29 is 49.0 Å². The maximum absolute atomic E-state index is 12.7. The summed E-state index contributed by atoms with van der Waals surface area (Å²) in [6.07, 6.45) is 27.0. The monoisotopic (exact) mass is 708 g/mol. The average molecular weight is 709 g/mol. The third kappa shape index (κ3) is 23.2. The van der Waals surface area contributed by atoms with E-state index in [1.807, 2.05) is 0 Å². The van der Waals surface area contributed by atoms with Crippen molar-refractivity contribution >= 4 is 11.9 Å². The summed E-state index contributed by atoms with van der Waals surface area (Å²) in [6, 6.07) is 0. The first kappa shape index (κ1) is 45.7. The lowest BCUT2D eigenvalue weighted by Gasteiger charge is -2.39. The second-order valence-corrected chi connectivity index (χ2v) is 13.0. The highest BCUT2D eigenvalue weighted by atomic mass is 16.7. The first-order valence-electron chi connectivity index (χ1n) is 19.2. The summed E-state index contributed by atoms with van der Waals surface area (Å²) in [7, 11) is 0. The zero-order valence-corrected chi connectivity index (χ0v) is 30.9. The molecule has 1 rings (SSSR count). The number of hydrogen-bond donors (Lipinski definition) is 4. The summed E-state index contributed by atoms with van der Waals surface area (Å²) in [4.78, 5) is 25.1. The Bertz CT molecular complexity index is 960. The predicted molar refractivity (Wildman–Crippen MR) is 196 cm³/mol. The van der Waals surface area contributed by atoms with Crippen LogP contribution in [0.25, 0.3) is 0 Å². The van der Waals surface area contributed by atoms with Crippen LogP contribution in [0, 0.1) is 0 Å². The van der Waals surface area contributed by atoms with E-state index in [1.54, 1.807) is 0 Å². The van der Waals surface area contributed by atoms with Crippen molar-refractivity contribution in [2.24, 2.45) is 0 Å². The number of esters is 2. The molecule has 0 aromatic carbocycles. The molecule has 1 heterocycles. The highest BCUT2D eigenvalue weighted by Gasteiger charge is 2.44. The van der Waals surface area contributed by atoms with Gasteiger partial charge in [-0.25, -0.2) is 0 Å². The number of rotatable bonds is 30. The van der Waals surface area contributed by atoms with Gasteiger partial charge in [0.05, 0.1) is 13.2 Å². The third-order valence-electron chi connectivity index (χ3n) is 8.48. The van der Waals surface area contributed by atoms with Crippen LogP contribution in [-0.2, 0) is 28.5 Å². The van der Waals surface area contributed by atoms with E-state index in [2.05, 4.69) is 62.5 Å². The van der Waals surface area contributed by atoms with Gasteiger partial charge in [0.2, 0.25) is 0 Å². The normalized spacial score (nSPS) is 21.9. The lowest BCUT2D eigenvalue weighted by molar-refractivity contribution is -0.305. The molecular weight excluding hydrogens is 640 g/mol. The third-order valence-corrected chi connectivity index (χ3v) is 8.48. The summed E-state index contributed by atoms with van der Waals surface area (Å²) in [6.45, 7) is 3.22. The molecule has 0 amide bonds. The van der Waals surface area contributed by atoms with Gasteiger partial charge in [-0.05, 0) is 51.4 Å². The number of ether oxygens (including phenoxy) is 4. The Kier molecular flexibility index (Phi) is 28.7. The Morgan fingerprint density at radius 3 is 1.78 bits per heavy atom. The van der Waals surface area contributed by atoms with Crippen molar-refractivity contribution in [3.05, 3.63) is 48.6 Å². The van der Waals surface area contributed by atoms with Gasteiger partial charge in [0.1, 0.15) is 31.0 Å². The summed E-state index contributed by atoms with van der Waals surface area (Å²) in [5.41, 5.74) is 0. The van der Waals surface area contributed by atoms with Crippen LogP contribution in [0.5, 0.6) is 0 Å². The van der Waals surface area contributed by atoms with E-state index < -0.39 is 55.4 Å². The van der Waals surface area contributed by atoms with Crippen LogP contribution in [0.1, 0.15) is 136 Å². The van der Waals surface area contributed by atoms with E-state index in [-0.39, 0.29) is 26.1 Å². The number of carbonyl (C=O) groups excluding carboxylic acids is 2. The minimum absolute atomic E-state index is 0.221. The van der Waals surface area contributed by atoms with Gasteiger partial charge in [-0.3, -0.25) is 9.59 Å². The zero-order chi connectivity index (χ0) is 36.7. The molecule has 0 aliphatic carbocycles. The van der Waals surface area contributed by atoms with Crippen LogP contribution in [-0.4, -0.2) is 89.0 Å². The minimum atomic E-state index is -1.60. The molecule has 4 N–H and O–H groups in total. The van der Waals surface area contributed by atoms with Crippen LogP contribution in [0.3, 0.4) is 0 Å². The van der Waals surface area contributed by atoms with E-state index in [1.165, 1.54) is 38.5 Å². The highest BCUT2D eigenvalue weighted by molar-refractivity contribution is 5.70. The van der Waals surface area contributed by atoms with Crippen molar-refractivity contribution in [1.29, 1.82) is 0 Å². The fourth-order valence-electron chi connectivity index (χ4n) is 5.41. The number of aliphatic hydroxyl groups is 4. The second kappa shape index (κ2) is 31.4. The molecule has 0 aromatic rings. The molecule has 0 radical (unpaired) electrons. The Morgan fingerprint density at radius 1 is 0.640 bits per heavy atom. The quantitative estimate of drug-likeness (QED) is 0.0351. The Hall–Kier alpha value is -2.34. The maximum atomic E-state index is 12.7. The minimum Gasteiger partial charge on any atom is -0.462 e. The number of aliphatic hydroxyl groups excluding tert-OH is 4. The van der Waals surface area contributed by atoms with Crippen molar-refractivity contribution in [2.75, 3.05) is 19.8 Å². The van der Waals surface area contributed by atoms with Crippen molar-refractivity contribution in [1.82, 2.24) is 0 Å². The summed E-state index contributed by atoms with van der Waals surface area (Å²) < 4.78 is 22.0. The Morgan fingerprint density at radius 2 is 1.18 bits per heavy atom. The molecule has 6 atom stereocenters. The second-order valence-electron chi connectivity index (χ2n) is 13.0. The van der Waals surface area contributed by atoms with Crippen LogP contribution in [0.15, 0.2) is 48.6 Å². The lowest BCUT2D eigenvalue weighted by Crippen LogP contribution is -2.59. The smallest absolute Gasteiger partial charge is 0.306 e. The van der Waals surface area contributed by atoms with E-state index in [9.17, 15) is 30.0 Å². The topological polar surface area (TPSA) is 152 Å². The van der Waals surface area contributed by atoms with Crippen LogP contribution in [0.2, 0.25) is 0 Å². The highest BCUT2D eigenvalue weighted by Crippen LogP contribution is 2.22. The first-order chi connectivity index (χ1) is 24.3. The molecular formula is C40H68O10. The van der Waals surface area contributed by atoms with Gasteiger partial charge in [0, 0.05) is 12.8 Å². The predicted octanol–water partition coefficient (Wildman–Crippen LogP) is 6.93. The molecule has 0 spiro atoms. The van der Waals surface area contributed by atoms with E-state index in [0.29, 0.717) is 12.8 Å². The molecule has 2 unspecified atom stereocenters. The zero-order valence-electron chi connectivity index (χ0n) is 30.9. The van der Waals surface area contributed by atoms with Gasteiger partial charge in [0.25, 0.3) is 0 Å². The summed E-state index contributed by atoms with van der Waals surface area (Å²) in [5, 5.41) is 39.9. The lowest BCUT2D eigenvalue weighted by atomic mass is 9.99. The number of allylic oxidation sites excluding steroid dienone is 8. The van der Waals surface area contributed by atoms with Gasteiger partial charge >= 0.3 is 11.9 Å². The van der Waals surface area contributed by atoms with Crippen molar-refractivity contribution in [3.63, 3.8) is 0 Å². The largest absolute Gasteiger partial charge is 0.462 e. The number of carbonyl (C=O) groups is 2. The molecule has 1 aliphatic rings. The van der Waals surface area contributed by atoms with Crippen LogP contribution in [0.4, 0.5) is 0 Å². The molecule has 1 aliphatic heterocycles. The van der Waals surface area contributed by atoms with E-state index in [0.717, 1.165) is 57.8 Å². The molecule has 50 heavy (non-hydrogen) atoms. The standard InChI is InChI=1S/C40H68O10/c1-3-5-7-9-11-13-15-16-17-18-19-21-22-24-26-28-35(42)47-31-33(32-48-40-39(46)38(45)37(44)34(30-41)50-40)49-36(43)29-27-25-23-20-14-12-10-8-6-4-2/h5,7,11,13,16-17,19,21,33-34,37-41,44-46H,3-4,6,8-10,12,14-15,18,20,22-32H2,1-2H3/b7-5+,13-11+,17-16+,21-19+/t33-,34-,37+,38?,39?,40-/m0/s1. The molecule has 0 aromatic heterocycles. The Labute approximate surface area is 301 Å². The molecule has 10 nitrogen and oxygen atoms in total. The van der Waals surface area contributed by atoms with Crippen LogP contribution >= 0.6 is 0 Å². The summed E-state index contributed by atoms with van der Waals surface area (Å²) in [5.74, 6) is -0.861. The molecule has 288 valence electrons. The van der Waals surface area contributed by atoms with Gasteiger partial charge in [0.15, 0.2) is 12.4 Å². The molecule has 1 fully saturated rings. The molecule has 1 saturated heterocycles. The van der Waals surface area contributed by atoms with Crippen molar-refractivity contribution in [3.8, 4) is 0 Å². The molecule has 0 bridgehead atoms. The van der Waals surface area contributed by atoms with Gasteiger partial charge in [-0.2, -0.15) is 0 Å². The Balaban J connectivity index is 2.43. The van der Waals surface area contributed by atoms with E-state index in [4.69, 9.17) is 18.9 Å². The molecule has 0 saturated carbocycles. The number of hydrogen-bond acceptors (Lipinski definition) is 10. The fourth-order valence-corrected chi connectivity index (χ4v) is 5.41. The van der Waals surface area contributed by atoms with E-state index >= 15 is 0 Å². The number of unbranched alkanes of at least 4 members (excludes halogenated alkanes) is 11. The maximum Gasteiger partial charge on any atom is 0.306 e. The SMILES string of the molecule is CC/C=C/C/C=C/C/C=C/C/C=C/CCCCC(=O)OC[C@@H](CO[C@H]1O[C@@H](CO)[C@@H](O)C(O)C1O)OC(=O)CCCCCCCCCCCC. The first-order valence-corrected chi connectivity index (χ1v) is 19.2. The van der Waals surface area contributed by atoms with Gasteiger partial charge < -0.3 is 39.4 Å². The van der Waals surface area contributed by atoms with Gasteiger partial charge in [-0.15, -0.1) is 0 Å².